The molecule has 160 valence electrons. The van der Waals surface area contributed by atoms with Crippen LogP contribution in [-0.4, -0.2) is 48.0 Å². The van der Waals surface area contributed by atoms with Crippen LogP contribution < -0.4 is 21.5 Å². The number of nitrogens with zero attached hydrogens (tertiary/aromatic N) is 1. The molecule has 29 heavy (non-hydrogen) atoms. The molecule has 0 aromatic heterocycles. The quantitative estimate of drug-likeness (QED) is 0.461. The van der Waals surface area contributed by atoms with Crippen LogP contribution in [0.25, 0.3) is 0 Å². The maximum absolute atomic E-state index is 12.9. The van der Waals surface area contributed by atoms with Gasteiger partial charge >= 0.3 is 0 Å². The van der Waals surface area contributed by atoms with Crippen molar-refractivity contribution in [2.24, 2.45) is 5.92 Å². The molecule has 5 N–H and O–H groups in total. The maximum atomic E-state index is 12.9. The minimum Gasteiger partial charge on any atom is -0.396 e. The molecule has 3 aliphatic rings. The van der Waals surface area contributed by atoms with Crippen molar-refractivity contribution >= 4 is 5.91 Å². The number of nitrogens with one attached hydrogen (secondary N) is 4. The molecule has 2 fully saturated rings. The van der Waals surface area contributed by atoms with E-state index < -0.39 is 0 Å². The molecule has 2 saturated heterocycles. The molecule has 1 aliphatic carbocycles. The van der Waals surface area contributed by atoms with E-state index in [0.717, 1.165) is 25.8 Å². The van der Waals surface area contributed by atoms with E-state index in [1.165, 1.54) is 16.7 Å². The van der Waals surface area contributed by atoms with Gasteiger partial charge in [0.25, 0.3) is 0 Å². The van der Waals surface area contributed by atoms with Crippen molar-refractivity contribution in [3.8, 4) is 0 Å². The smallest absolute Gasteiger partial charge is 0.226 e. The zero-order valence-electron chi connectivity index (χ0n) is 17.3. The number of rotatable bonds is 7. The highest BCUT2D eigenvalue weighted by molar-refractivity contribution is 5.80. The van der Waals surface area contributed by atoms with Crippen molar-refractivity contribution < 1.29 is 14.7 Å². The summed E-state index contributed by atoms with van der Waals surface area (Å²) in [6.45, 7) is 5.73. The number of hydroxylamine groups is 1. The van der Waals surface area contributed by atoms with Gasteiger partial charge in [-0.1, -0.05) is 25.1 Å². The minimum atomic E-state index is -0.0768. The Balaban J connectivity index is 1.37. The third-order valence-corrected chi connectivity index (χ3v) is 6.43. The fourth-order valence-electron chi connectivity index (χ4n) is 4.60. The van der Waals surface area contributed by atoms with Gasteiger partial charge in [-0.05, 0) is 49.3 Å². The van der Waals surface area contributed by atoms with Gasteiger partial charge < -0.3 is 10.4 Å². The summed E-state index contributed by atoms with van der Waals surface area (Å²) in [4.78, 5) is 18.4. The fraction of sp³-hybridized carbons (Fsp3) is 0.667. The molecule has 0 radical (unpaired) electrons. The number of hydrogen-bond acceptors (Lipinski definition) is 7. The number of carbonyl (C=O) groups excluding carboxylic acids is 1. The maximum Gasteiger partial charge on any atom is 0.226 e. The lowest BCUT2D eigenvalue weighted by atomic mass is 10.00. The number of benzene rings is 1. The summed E-state index contributed by atoms with van der Waals surface area (Å²) in [5.74, 6) is 0.0313. The van der Waals surface area contributed by atoms with Crippen molar-refractivity contribution in [3.05, 3.63) is 34.9 Å². The normalized spacial score (nSPS) is 31.9. The van der Waals surface area contributed by atoms with Gasteiger partial charge in [-0.2, -0.15) is 5.48 Å². The first-order valence-corrected chi connectivity index (χ1v) is 10.8. The first kappa shape index (κ1) is 20.7. The topological polar surface area (TPSA) is 97.9 Å². The summed E-state index contributed by atoms with van der Waals surface area (Å²) < 4.78 is 0. The van der Waals surface area contributed by atoms with E-state index in [1.54, 1.807) is 0 Å². The van der Waals surface area contributed by atoms with Crippen LogP contribution in [0.1, 0.15) is 62.0 Å². The number of fused-ring (bicyclic) bond motifs is 1. The lowest BCUT2D eigenvalue weighted by Crippen LogP contribution is -2.41. The van der Waals surface area contributed by atoms with Crippen LogP contribution in [0.3, 0.4) is 0 Å². The number of hydrogen-bond donors (Lipinski definition) is 5. The van der Waals surface area contributed by atoms with E-state index in [4.69, 9.17) is 9.94 Å². The molecule has 2 aliphatic heterocycles. The summed E-state index contributed by atoms with van der Waals surface area (Å²) in [5.41, 5.74) is 10.1. The van der Waals surface area contributed by atoms with Crippen molar-refractivity contribution in [2.75, 3.05) is 19.7 Å². The van der Waals surface area contributed by atoms with Gasteiger partial charge in [0.1, 0.15) is 12.4 Å². The lowest BCUT2D eigenvalue weighted by molar-refractivity contribution is -0.126. The second-order valence-electron chi connectivity index (χ2n) is 8.27. The SMILES string of the molecule is CCC1NC(c2ccc3c(c2)CC[C@H]3NC(=O)C2CNN(CCCO)C2C)NO1. The van der Waals surface area contributed by atoms with Crippen LogP contribution in [0.2, 0.25) is 0 Å². The van der Waals surface area contributed by atoms with E-state index in [9.17, 15) is 4.79 Å². The first-order chi connectivity index (χ1) is 14.1. The van der Waals surface area contributed by atoms with Crippen molar-refractivity contribution in [3.63, 3.8) is 0 Å². The van der Waals surface area contributed by atoms with Crippen LogP contribution in [0, 0.1) is 5.92 Å². The van der Waals surface area contributed by atoms with Crippen LogP contribution >= 0.6 is 0 Å². The Labute approximate surface area is 172 Å². The van der Waals surface area contributed by atoms with E-state index in [2.05, 4.69) is 58.6 Å². The van der Waals surface area contributed by atoms with Crippen LogP contribution in [0.4, 0.5) is 0 Å². The Kier molecular flexibility index (Phi) is 6.48. The molecule has 0 bridgehead atoms. The van der Waals surface area contributed by atoms with Crippen LogP contribution in [0.15, 0.2) is 18.2 Å². The monoisotopic (exact) mass is 403 g/mol. The molecule has 1 aromatic rings. The average molecular weight is 404 g/mol. The third-order valence-electron chi connectivity index (χ3n) is 6.43. The van der Waals surface area contributed by atoms with E-state index in [1.807, 2.05) is 0 Å². The highest BCUT2D eigenvalue weighted by Crippen LogP contribution is 2.34. The minimum absolute atomic E-state index is 0.00853. The van der Waals surface area contributed by atoms with Gasteiger partial charge in [0, 0.05) is 25.7 Å². The predicted molar refractivity (Wildman–Crippen MR) is 109 cm³/mol. The number of hydrazine groups is 1. The van der Waals surface area contributed by atoms with E-state index >= 15 is 0 Å². The Morgan fingerprint density at radius 2 is 2.28 bits per heavy atom. The Morgan fingerprint density at radius 3 is 3.03 bits per heavy atom. The van der Waals surface area contributed by atoms with Gasteiger partial charge in [-0.15, -0.1) is 0 Å². The number of carbonyl (C=O) groups is 1. The summed E-state index contributed by atoms with van der Waals surface area (Å²) in [6.07, 6.45) is 3.58. The van der Waals surface area contributed by atoms with E-state index in [-0.39, 0.29) is 42.9 Å². The molecular formula is C21H33N5O3. The molecule has 1 aromatic carbocycles. The molecule has 0 saturated carbocycles. The first-order valence-electron chi connectivity index (χ1n) is 10.8. The highest BCUT2D eigenvalue weighted by Gasteiger charge is 2.37. The fourth-order valence-corrected chi connectivity index (χ4v) is 4.60. The summed E-state index contributed by atoms with van der Waals surface area (Å²) in [5, 5.41) is 17.8. The second kappa shape index (κ2) is 9.07. The molecule has 4 unspecified atom stereocenters. The van der Waals surface area contributed by atoms with E-state index in [0.29, 0.717) is 13.0 Å². The molecule has 8 nitrogen and oxygen atoms in total. The summed E-state index contributed by atoms with van der Waals surface area (Å²) in [7, 11) is 0. The summed E-state index contributed by atoms with van der Waals surface area (Å²) in [6, 6.07) is 6.69. The Hall–Kier alpha value is -1.55. The van der Waals surface area contributed by atoms with Gasteiger partial charge in [0.05, 0.1) is 12.0 Å². The zero-order valence-corrected chi connectivity index (χ0v) is 17.3. The number of aryl methyl sites for hydroxylation is 1. The van der Waals surface area contributed by atoms with Crippen molar-refractivity contribution in [1.82, 2.24) is 26.5 Å². The van der Waals surface area contributed by atoms with Crippen molar-refractivity contribution in [1.29, 1.82) is 0 Å². The number of amides is 1. The molecule has 5 atom stereocenters. The third kappa shape index (κ3) is 4.33. The number of aliphatic hydroxyl groups is 1. The van der Waals surface area contributed by atoms with Gasteiger partial charge in [-0.3, -0.25) is 20.4 Å². The Morgan fingerprint density at radius 1 is 1.41 bits per heavy atom. The molecule has 1 amide bonds. The summed E-state index contributed by atoms with van der Waals surface area (Å²) >= 11 is 0. The molecule has 0 spiro atoms. The lowest BCUT2D eigenvalue weighted by Gasteiger charge is -2.24. The van der Waals surface area contributed by atoms with Gasteiger partial charge in [-0.25, -0.2) is 5.01 Å². The molecular weight excluding hydrogens is 370 g/mol. The predicted octanol–water partition coefficient (Wildman–Crippen LogP) is 0.857. The number of aliphatic hydroxyl groups excluding tert-OH is 1. The highest BCUT2D eigenvalue weighted by atomic mass is 16.7. The molecule has 4 rings (SSSR count). The average Bonchev–Trinajstić information content (AvgIpc) is 3.45. The van der Waals surface area contributed by atoms with Crippen LogP contribution in [-0.2, 0) is 16.1 Å². The molecule has 2 heterocycles. The van der Waals surface area contributed by atoms with Crippen molar-refractivity contribution in [2.45, 2.75) is 64.0 Å². The standard InChI is InChI=1S/C21H33N5O3/c1-3-19-24-20(25-29-19)15-5-7-16-14(11-15)6-8-18(16)23-21(28)17-12-22-26(13(17)2)9-4-10-27/h5,7,11,13,17-20,22,24-25,27H,3-4,6,8-10,12H2,1-2H3,(H,23,28)/t13?,17?,18-,19?,20?/m1/s1. The zero-order chi connectivity index (χ0) is 20.4. The van der Waals surface area contributed by atoms with Gasteiger partial charge in [0.2, 0.25) is 5.91 Å². The van der Waals surface area contributed by atoms with Crippen LogP contribution in [0.5, 0.6) is 0 Å². The second-order valence-corrected chi connectivity index (χ2v) is 8.27. The largest absolute Gasteiger partial charge is 0.396 e. The van der Waals surface area contributed by atoms with Gasteiger partial charge in [0.15, 0.2) is 0 Å². The Bertz CT molecular complexity index is 730. The molecule has 8 heteroatoms.